The molecule has 0 fully saturated rings. The van der Waals surface area contributed by atoms with E-state index >= 15 is 0 Å². The van der Waals surface area contributed by atoms with Crippen LogP contribution in [0, 0.1) is 0 Å². The van der Waals surface area contributed by atoms with Crippen molar-refractivity contribution in [1.82, 2.24) is 0 Å². The summed E-state index contributed by atoms with van der Waals surface area (Å²) in [5, 5.41) is 0. The molecule has 0 aliphatic heterocycles. The molecule has 2 rings (SSSR count). The van der Waals surface area contributed by atoms with Gasteiger partial charge in [0.15, 0.2) is 0 Å². The van der Waals surface area contributed by atoms with Crippen LogP contribution in [0.2, 0.25) is 0 Å². The molecule has 0 saturated heterocycles. The third kappa shape index (κ3) is 2.01. The largest absolute Gasteiger partial charge is 0.399 e. The van der Waals surface area contributed by atoms with Gasteiger partial charge in [0.2, 0.25) is 0 Å². The third-order valence-electron chi connectivity index (χ3n) is 2.59. The lowest BCUT2D eigenvalue weighted by molar-refractivity contribution is 1.14. The first-order valence-corrected chi connectivity index (χ1v) is 5.25. The van der Waals surface area contributed by atoms with E-state index in [1.54, 1.807) is 0 Å². The van der Waals surface area contributed by atoms with Crippen LogP contribution in [0.25, 0.3) is 11.1 Å². The Hall–Kier alpha value is -1.76. The van der Waals surface area contributed by atoms with Gasteiger partial charge in [0.05, 0.1) is 0 Å². The predicted molar refractivity (Wildman–Crippen MR) is 65.7 cm³/mol. The Morgan fingerprint density at radius 2 is 1.73 bits per heavy atom. The molecule has 1 nitrogen and oxygen atoms in total. The molecule has 76 valence electrons. The van der Waals surface area contributed by atoms with Crippen molar-refractivity contribution in [3.8, 4) is 11.1 Å². The van der Waals surface area contributed by atoms with Crippen LogP contribution in [-0.4, -0.2) is 0 Å². The average Bonchev–Trinajstić information content (AvgIpc) is 2.30. The van der Waals surface area contributed by atoms with Crippen LogP contribution >= 0.6 is 0 Å². The van der Waals surface area contributed by atoms with Crippen LogP contribution in [-0.2, 0) is 6.42 Å². The van der Waals surface area contributed by atoms with E-state index in [2.05, 4.69) is 43.3 Å². The Kier molecular flexibility index (Phi) is 2.72. The molecule has 0 heterocycles. The predicted octanol–water partition coefficient (Wildman–Crippen LogP) is 3.50. The molecule has 15 heavy (non-hydrogen) atoms. The smallest absolute Gasteiger partial charge is 0.0317 e. The minimum absolute atomic E-state index is 0.839. The normalized spacial score (nSPS) is 10.2. The molecule has 0 radical (unpaired) electrons. The molecule has 0 atom stereocenters. The number of nitrogens with two attached hydrogens (primary N) is 1. The van der Waals surface area contributed by atoms with E-state index in [1.165, 1.54) is 16.7 Å². The number of rotatable bonds is 2. The Bertz CT molecular complexity index is 446. The zero-order valence-corrected chi connectivity index (χ0v) is 8.90. The maximum absolute atomic E-state index is 5.78. The van der Waals surface area contributed by atoms with E-state index in [9.17, 15) is 0 Å². The number of aryl methyl sites for hydroxylation is 1. The number of anilines is 1. The van der Waals surface area contributed by atoms with Crippen LogP contribution in [0.3, 0.4) is 0 Å². The lowest BCUT2D eigenvalue weighted by atomic mass is 9.98. The minimum Gasteiger partial charge on any atom is -0.399 e. The zero-order chi connectivity index (χ0) is 10.7. The summed E-state index contributed by atoms with van der Waals surface area (Å²) in [6.07, 6.45) is 1.01. The lowest BCUT2D eigenvalue weighted by Crippen LogP contribution is -1.91. The van der Waals surface area contributed by atoms with Crippen molar-refractivity contribution in [2.75, 3.05) is 5.73 Å². The molecule has 0 unspecified atom stereocenters. The lowest BCUT2D eigenvalue weighted by Gasteiger charge is -2.08. The first-order valence-electron chi connectivity index (χ1n) is 5.25. The molecule has 0 aliphatic rings. The fourth-order valence-corrected chi connectivity index (χ4v) is 1.81. The highest BCUT2D eigenvalue weighted by atomic mass is 14.5. The molecule has 1 heteroatoms. The van der Waals surface area contributed by atoms with Gasteiger partial charge in [-0.05, 0) is 35.2 Å². The molecule has 2 N–H and O–H groups in total. The van der Waals surface area contributed by atoms with Gasteiger partial charge in [0.1, 0.15) is 0 Å². The zero-order valence-electron chi connectivity index (χ0n) is 8.90. The summed E-state index contributed by atoms with van der Waals surface area (Å²) in [5.41, 5.74) is 10.5. The van der Waals surface area contributed by atoms with Crippen molar-refractivity contribution in [3.05, 3.63) is 54.1 Å². The van der Waals surface area contributed by atoms with Crippen molar-refractivity contribution in [1.29, 1.82) is 0 Å². The maximum Gasteiger partial charge on any atom is 0.0317 e. The van der Waals surface area contributed by atoms with Gasteiger partial charge in [0.25, 0.3) is 0 Å². The summed E-state index contributed by atoms with van der Waals surface area (Å²) < 4.78 is 0. The highest BCUT2D eigenvalue weighted by molar-refractivity contribution is 5.69. The quantitative estimate of drug-likeness (QED) is 0.733. The van der Waals surface area contributed by atoms with Crippen molar-refractivity contribution in [2.24, 2.45) is 0 Å². The summed E-state index contributed by atoms with van der Waals surface area (Å²) >= 11 is 0. The van der Waals surface area contributed by atoms with Gasteiger partial charge in [0, 0.05) is 5.69 Å². The van der Waals surface area contributed by atoms with Crippen LogP contribution in [0.5, 0.6) is 0 Å². The monoisotopic (exact) mass is 197 g/mol. The van der Waals surface area contributed by atoms with Crippen molar-refractivity contribution >= 4 is 5.69 Å². The molecule has 2 aromatic carbocycles. The number of hydrogen-bond acceptors (Lipinski definition) is 1. The number of hydrogen-bond donors (Lipinski definition) is 1. The second-order valence-corrected chi connectivity index (χ2v) is 3.64. The second kappa shape index (κ2) is 4.18. The fourth-order valence-electron chi connectivity index (χ4n) is 1.81. The SMILES string of the molecule is CCc1cc(N)ccc1-c1ccccc1. The molecule has 0 aromatic heterocycles. The molecule has 0 saturated carbocycles. The van der Waals surface area contributed by atoms with E-state index < -0.39 is 0 Å². The van der Waals surface area contributed by atoms with Crippen molar-refractivity contribution < 1.29 is 0 Å². The summed E-state index contributed by atoms with van der Waals surface area (Å²) in [6.45, 7) is 2.15. The average molecular weight is 197 g/mol. The van der Waals surface area contributed by atoms with Gasteiger partial charge in [-0.1, -0.05) is 43.3 Å². The molecule has 0 spiro atoms. The van der Waals surface area contributed by atoms with Gasteiger partial charge in [-0.2, -0.15) is 0 Å². The maximum atomic E-state index is 5.78. The minimum atomic E-state index is 0.839. The fraction of sp³-hybridized carbons (Fsp3) is 0.143. The second-order valence-electron chi connectivity index (χ2n) is 3.64. The number of nitrogen functional groups attached to an aromatic ring is 1. The van der Waals surface area contributed by atoms with Gasteiger partial charge in [-0.3, -0.25) is 0 Å². The summed E-state index contributed by atoms with van der Waals surface area (Å²) in [6, 6.07) is 16.5. The Morgan fingerprint density at radius 3 is 2.40 bits per heavy atom. The molecular formula is C14H15N. The third-order valence-corrected chi connectivity index (χ3v) is 2.59. The van der Waals surface area contributed by atoms with E-state index in [-0.39, 0.29) is 0 Å². The van der Waals surface area contributed by atoms with Gasteiger partial charge in [-0.25, -0.2) is 0 Å². The van der Waals surface area contributed by atoms with Crippen LogP contribution in [0.1, 0.15) is 12.5 Å². The van der Waals surface area contributed by atoms with E-state index in [1.807, 2.05) is 12.1 Å². The van der Waals surface area contributed by atoms with Gasteiger partial charge < -0.3 is 5.73 Å². The standard InChI is InChI=1S/C14H15N/c1-2-11-10-13(15)8-9-14(11)12-6-4-3-5-7-12/h3-10H,2,15H2,1H3. The Labute approximate surface area is 90.6 Å². The molecule has 0 bridgehead atoms. The Balaban J connectivity index is 2.53. The van der Waals surface area contributed by atoms with Crippen LogP contribution < -0.4 is 5.73 Å². The summed E-state index contributed by atoms with van der Waals surface area (Å²) in [4.78, 5) is 0. The van der Waals surface area contributed by atoms with Crippen molar-refractivity contribution in [2.45, 2.75) is 13.3 Å². The molecular weight excluding hydrogens is 182 g/mol. The van der Waals surface area contributed by atoms with Gasteiger partial charge >= 0.3 is 0 Å². The molecule has 0 aliphatic carbocycles. The van der Waals surface area contributed by atoms with E-state index in [4.69, 9.17) is 5.73 Å². The summed E-state index contributed by atoms with van der Waals surface area (Å²) in [5.74, 6) is 0. The summed E-state index contributed by atoms with van der Waals surface area (Å²) in [7, 11) is 0. The first-order chi connectivity index (χ1) is 7.31. The highest BCUT2D eigenvalue weighted by Crippen LogP contribution is 2.25. The van der Waals surface area contributed by atoms with E-state index in [0.29, 0.717) is 0 Å². The Morgan fingerprint density at radius 1 is 1.00 bits per heavy atom. The molecule has 2 aromatic rings. The molecule has 0 amide bonds. The first kappa shape index (κ1) is 9.78. The van der Waals surface area contributed by atoms with Gasteiger partial charge in [-0.15, -0.1) is 0 Å². The topological polar surface area (TPSA) is 26.0 Å². The van der Waals surface area contributed by atoms with E-state index in [0.717, 1.165) is 12.1 Å². The van der Waals surface area contributed by atoms with Crippen LogP contribution in [0.4, 0.5) is 5.69 Å². The van der Waals surface area contributed by atoms with Crippen molar-refractivity contribution in [3.63, 3.8) is 0 Å². The van der Waals surface area contributed by atoms with Crippen LogP contribution in [0.15, 0.2) is 48.5 Å². The highest BCUT2D eigenvalue weighted by Gasteiger charge is 2.02. The number of benzene rings is 2.